The highest BCUT2D eigenvalue weighted by Gasteiger charge is 2.46. The molecule has 2 heterocycles. The molecule has 0 N–H and O–H groups in total. The molecule has 2 aromatic heterocycles. The Morgan fingerprint density at radius 3 is 1.48 bits per heavy atom. The third kappa shape index (κ3) is 5.83. The lowest BCUT2D eigenvalue weighted by molar-refractivity contribution is 0.770. The van der Waals surface area contributed by atoms with Crippen molar-refractivity contribution in [3.8, 4) is 67.5 Å². The Kier molecular flexibility index (Phi) is 8.58. The van der Waals surface area contributed by atoms with Crippen LogP contribution in [0.3, 0.4) is 0 Å². The molecule has 0 amide bonds. The number of hydrogen-bond acceptors (Lipinski definition) is 4. The molecule has 0 radical (unpaired) electrons. The monoisotopic (exact) mass is 807 g/mol. The maximum atomic E-state index is 5.10. The van der Waals surface area contributed by atoms with E-state index in [4.69, 9.17) is 15.0 Å². The zero-order chi connectivity index (χ0) is 41.0. The second-order valence-corrected chi connectivity index (χ2v) is 17.0. The highest BCUT2D eigenvalue weighted by molar-refractivity contribution is 7.26. The summed E-state index contributed by atoms with van der Waals surface area (Å²) in [6, 6.07) is 80.5. The van der Waals surface area contributed by atoms with Crippen molar-refractivity contribution in [1.82, 2.24) is 15.0 Å². The van der Waals surface area contributed by atoms with Crippen molar-refractivity contribution in [3.05, 3.63) is 247 Å². The van der Waals surface area contributed by atoms with Gasteiger partial charge in [0.25, 0.3) is 0 Å². The molecule has 0 atom stereocenters. The average molecular weight is 808 g/mol. The average Bonchev–Trinajstić information content (AvgIpc) is 3.88. The summed E-state index contributed by atoms with van der Waals surface area (Å²) in [6.45, 7) is 0. The van der Waals surface area contributed by atoms with Crippen molar-refractivity contribution in [2.75, 3.05) is 0 Å². The Bertz CT molecular complexity index is 3400. The fourth-order valence-electron chi connectivity index (χ4n) is 9.63. The normalized spacial score (nSPS) is 12.6. The summed E-state index contributed by atoms with van der Waals surface area (Å²) >= 11 is 1.87. The summed E-state index contributed by atoms with van der Waals surface area (Å²) in [5.41, 5.74) is 14.8. The molecule has 1 aliphatic rings. The number of thiophene rings is 1. The molecule has 1 aliphatic carbocycles. The first-order valence-electron chi connectivity index (χ1n) is 21.0. The molecule has 0 spiro atoms. The smallest absolute Gasteiger partial charge is 0.164 e. The summed E-state index contributed by atoms with van der Waals surface area (Å²) in [6.07, 6.45) is 0. The zero-order valence-electron chi connectivity index (χ0n) is 33.6. The number of hydrogen-bond donors (Lipinski definition) is 0. The van der Waals surface area contributed by atoms with Gasteiger partial charge in [-0.1, -0.05) is 206 Å². The van der Waals surface area contributed by atoms with E-state index < -0.39 is 5.41 Å². The van der Waals surface area contributed by atoms with Crippen LogP contribution in [0.1, 0.15) is 22.3 Å². The van der Waals surface area contributed by atoms with Gasteiger partial charge in [0, 0.05) is 36.9 Å². The molecule has 0 unspecified atom stereocenters. The summed E-state index contributed by atoms with van der Waals surface area (Å²) in [7, 11) is 0. The van der Waals surface area contributed by atoms with Crippen LogP contribution in [0.4, 0.5) is 0 Å². The first kappa shape index (κ1) is 36.1. The van der Waals surface area contributed by atoms with Gasteiger partial charge < -0.3 is 0 Å². The van der Waals surface area contributed by atoms with Gasteiger partial charge in [0.2, 0.25) is 0 Å². The van der Waals surface area contributed by atoms with E-state index in [1.54, 1.807) is 0 Å². The number of fused-ring (bicyclic) bond motifs is 6. The molecular formula is C58H37N3S. The number of rotatable bonds is 7. The summed E-state index contributed by atoms with van der Waals surface area (Å²) in [4.78, 5) is 15.1. The van der Waals surface area contributed by atoms with Crippen molar-refractivity contribution in [2.45, 2.75) is 5.41 Å². The minimum Gasteiger partial charge on any atom is -0.208 e. The van der Waals surface area contributed by atoms with Crippen molar-refractivity contribution in [1.29, 1.82) is 0 Å². The number of aromatic nitrogens is 3. The molecule has 0 saturated heterocycles. The van der Waals surface area contributed by atoms with Crippen LogP contribution >= 0.6 is 11.3 Å². The molecule has 12 rings (SSSR count). The Hall–Kier alpha value is -7.79. The maximum absolute atomic E-state index is 5.10. The van der Waals surface area contributed by atoms with Crippen LogP contribution in [0.25, 0.3) is 87.7 Å². The van der Waals surface area contributed by atoms with Crippen LogP contribution in [-0.4, -0.2) is 15.0 Å². The van der Waals surface area contributed by atoms with Crippen molar-refractivity contribution in [3.63, 3.8) is 0 Å². The zero-order valence-corrected chi connectivity index (χ0v) is 34.4. The molecule has 0 bridgehead atoms. The van der Waals surface area contributed by atoms with Crippen LogP contribution in [0.2, 0.25) is 0 Å². The van der Waals surface area contributed by atoms with Gasteiger partial charge in [0.15, 0.2) is 17.5 Å². The summed E-state index contributed by atoms with van der Waals surface area (Å²) < 4.78 is 2.55. The minimum atomic E-state index is -0.433. The largest absolute Gasteiger partial charge is 0.208 e. The van der Waals surface area contributed by atoms with E-state index in [1.165, 1.54) is 59.1 Å². The molecule has 9 aromatic carbocycles. The summed E-state index contributed by atoms with van der Waals surface area (Å²) in [5.74, 6) is 1.93. The molecule has 290 valence electrons. The molecule has 3 nitrogen and oxygen atoms in total. The van der Waals surface area contributed by atoms with Crippen molar-refractivity contribution < 1.29 is 0 Å². The minimum absolute atomic E-state index is 0.433. The molecule has 4 heteroatoms. The topological polar surface area (TPSA) is 38.7 Å². The Labute approximate surface area is 364 Å². The van der Waals surface area contributed by atoms with Gasteiger partial charge in [0.05, 0.1) is 5.41 Å². The Morgan fingerprint density at radius 2 is 0.806 bits per heavy atom. The number of nitrogens with zero attached hydrogens (tertiary/aromatic N) is 3. The predicted molar refractivity (Wildman–Crippen MR) is 257 cm³/mol. The quantitative estimate of drug-likeness (QED) is 0.161. The van der Waals surface area contributed by atoms with Gasteiger partial charge in [-0.15, -0.1) is 11.3 Å². The lowest BCUT2D eigenvalue weighted by Crippen LogP contribution is -2.28. The van der Waals surface area contributed by atoms with Crippen LogP contribution in [-0.2, 0) is 5.41 Å². The fraction of sp³-hybridized carbons (Fsp3) is 0.0172. The lowest BCUT2D eigenvalue weighted by Gasteiger charge is -2.33. The van der Waals surface area contributed by atoms with Crippen LogP contribution in [0.5, 0.6) is 0 Å². The van der Waals surface area contributed by atoms with Crippen molar-refractivity contribution >= 4 is 31.5 Å². The highest BCUT2D eigenvalue weighted by atomic mass is 32.1. The molecule has 62 heavy (non-hydrogen) atoms. The van der Waals surface area contributed by atoms with Gasteiger partial charge in [-0.3, -0.25) is 0 Å². The van der Waals surface area contributed by atoms with Gasteiger partial charge in [-0.25, -0.2) is 15.0 Å². The highest BCUT2D eigenvalue weighted by Crippen LogP contribution is 2.56. The van der Waals surface area contributed by atoms with Gasteiger partial charge >= 0.3 is 0 Å². The SMILES string of the molecule is c1ccc(-c2cccc(-c3nc(-c4ccccc4)nc(-c4ccc(-c5cccc6sc7cc(C8(c9ccccc9)c9ccccc9-c9ccccc98)ccc7c56)cc4)n3)c2)cc1. The second kappa shape index (κ2) is 14.7. The van der Waals surface area contributed by atoms with Gasteiger partial charge in [-0.2, -0.15) is 0 Å². The van der Waals surface area contributed by atoms with E-state index >= 15 is 0 Å². The standard InChI is InChI=1S/C58H37N3S/c1-4-16-38(17-5-1)42-20-14-21-43(36-42)57-60-55(40-18-6-2-7-19-40)59-56(61-57)41-32-30-39(31-33-41)46-26-15-29-52-54(46)49-35-34-45(37-53(49)62-52)58(44-22-8-3-9-23-44)50-27-12-10-24-47(50)48-25-11-13-28-51(48)58/h1-37H. The van der Waals surface area contributed by atoms with E-state index in [2.05, 4.69) is 188 Å². The molecule has 0 fully saturated rings. The number of benzene rings is 9. The third-order valence-electron chi connectivity index (χ3n) is 12.4. The van der Waals surface area contributed by atoms with Crippen LogP contribution in [0, 0.1) is 0 Å². The first-order valence-corrected chi connectivity index (χ1v) is 21.8. The van der Waals surface area contributed by atoms with Gasteiger partial charge in [-0.05, 0) is 73.8 Å². The Balaban J connectivity index is 0.958. The van der Waals surface area contributed by atoms with E-state index in [0.717, 1.165) is 33.4 Å². The van der Waals surface area contributed by atoms with E-state index in [0.29, 0.717) is 17.5 Å². The van der Waals surface area contributed by atoms with E-state index in [1.807, 2.05) is 47.7 Å². The molecule has 0 aliphatic heterocycles. The van der Waals surface area contributed by atoms with E-state index in [9.17, 15) is 0 Å². The summed E-state index contributed by atoms with van der Waals surface area (Å²) in [5, 5.41) is 2.54. The predicted octanol–water partition coefficient (Wildman–Crippen LogP) is 14.9. The van der Waals surface area contributed by atoms with Gasteiger partial charge in [0.1, 0.15) is 0 Å². The van der Waals surface area contributed by atoms with Crippen LogP contribution < -0.4 is 0 Å². The van der Waals surface area contributed by atoms with E-state index in [-0.39, 0.29) is 0 Å². The third-order valence-corrected chi connectivity index (χ3v) is 13.6. The fourth-order valence-corrected chi connectivity index (χ4v) is 10.8. The first-order chi connectivity index (χ1) is 30.7. The molecule has 11 aromatic rings. The van der Waals surface area contributed by atoms with Crippen LogP contribution in [0.15, 0.2) is 224 Å². The second-order valence-electron chi connectivity index (χ2n) is 15.9. The van der Waals surface area contributed by atoms with Crippen molar-refractivity contribution in [2.24, 2.45) is 0 Å². The molecule has 0 saturated carbocycles. The lowest BCUT2D eigenvalue weighted by atomic mass is 9.67. The maximum Gasteiger partial charge on any atom is 0.164 e. The Morgan fingerprint density at radius 1 is 0.306 bits per heavy atom. The molecular weight excluding hydrogens is 771 g/mol.